The van der Waals surface area contributed by atoms with Crippen LogP contribution in [-0.2, 0) is 4.79 Å². The monoisotopic (exact) mass is 266 g/mol. The molecule has 19 heavy (non-hydrogen) atoms. The normalized spacial score (nSPS) is 13.7. The summed E-state index contributed by atoms with van der Waals surface area (Å²) in [7, 11) is 0. The number of pyridine rings is 1. The summed E-state index contributed by atoms with van der Waals surface area (Å²) in [4.78, 5) is 26.4. The zero-order chi connectivity index (χ0) is 13.7. The Bertz CT molecular complexity index is 459. The Morgan fingerprint density at radius 2 is 2.11 bits per heavy atom. The second kappa shape index (κ2) is 6.12. The first-order chi connectivity index (χ1) is 9.13. The third-order valence-electron chi connectivity index (χ3n) is 2.66. The highest BCUT2D eigenvalue weighted by molar-refractivity contribution is 5.91. The molecule has 1 aromatic heterocycles. The minimum absolute atomic E-state index is 0.0975. The van der Waals surface area contributed by atoms with Crippen LogP contribution in [0, 0.1) is 11.7 Å². The molecule has 1 heterocycles. The fourth-order valence-corrected chi connectivity index (χ4v) is 1.41. The Balaban J connectivity index is 1.65. The van der Waals surface area contributed by atoms with Crippen molar-refractivity contribution in [1.29, 1.82) is 0 Å². The largest absolute Gasteiger partial charge is 0.354 e. The fraction of sp³-hybridized carbons (Fsp3) is 0.417. The van der Waals surface area contributed by atoms with Gasteiger partial charge in [-0.2, -0.15) is 0 Å². The Morgan fingerprint density at radius 3 is 2.74 bits per heavy atom. The number of nitrogens with one attached hydrogen (secondary N) is 3. The number of aromatic nitrogens is 1. The molecule has 1 fully saturated rings. The topological polar surface area (TPSA) is 83.1 Å². The average Bonchev–Trinajstić information content (AvgIpc) is 3.21. The highest BCUT2D eigenvalue weighted by Crippen LogP contribution is 2.27. The zero-order valence-corrected chi connectivity index (χ0v) is 10.3. The molecule has 7 heteroatoms. The van der Waals surface area contributed by atoms with Crippen LogP contribution < -0.4 is 16.0 Å². The van der Waals surface area contributed by atoms with E-state index in [0.29, 0.717) is 12.5 Å². The molecule has 102 valence electrons. The lowest BCUT2D eigenvalue weighted by Gasteiger charge is -2.07. The molecule has 0 bridgehead atoms. The van der Waals surface area contributed by atoms with Gasteiger partial charge in [-0.15, -0.1) is 0 Å². The van der Waals surface area contributed by atoms with E-state index in [1.807, 2.05) is 0 Å². The van der Waals surface area contributed by atoms with Crippen LogP contribution >= 0.6 is 0 Å². The van der Waals surface area contributed by atoms with Gasteiger partial charge < -0.3 is 10.6 Å². The van der Waals surface area contributed by atoms with Gasteiger partial charge in [-0.05, 0) is 30.9 Å². The summed E-state index contributed by atoms with van der Waals surface area (Å²) >= 11 is 0. The van der Waals surface area contributed by atoms with Crippen molar-refractivity contribution < 1.29 is 14.0 Å². The highest BCUT2D eigenvalue weighted by Gasteiger charge is 2.21. The standard InChI is InChI=1S/C12H15FN4O2/c13-9-3-4-10(14-6-9)17-12(19)16-7-11(18)15-5-8-1-2-8/h3-4,6,8H,1-2,5,7H2,(H,15,18)(H2,14,16,17,19). The van der Waals surface area contributed by atoms with E-state index in [0.717, 1.165) is 19.0 Å². The molecule has 1 aliphatic rings. The molecular formula is C12H15FN4O2. The lowest BCUT2D eigenvalue weighted by atomic mass is 10.4. The summed E-state index contributed by atoms with van der Waals surface area (Å²) in [6.45, 7) is 0.571. The van der Waals surface area contributed by atoms with E-state index in [4.69, 9.17) is 0 Å². The van der Waals surface area contributed by atoms with Crippen LogP contribution in [0.4, 0.5) is 15.0 Å². The number of carbonyl (C=O) groups excluding carboxylic acids is 2. The maximum Gasteiger partial charge on any atom is 0.320 e. The van der Waals surface area contributed by atoms with Crippen LogP contribution in [0.3, 0.4) is 0 Å². The average molecular weight is 266 g/mol. The smallest absolute Gasteiger partial charge is 0.320 e. The summed E-state index contributed by atoms with van der Waals surface area (Å²) in [6.07, 6.45) is 3.31. The van der Waals surface area contributed by atoms with E-state index in [1.54, 1.807) is 0 Å². The molecule has 1 aromatic rings. The first kappa shape index (κ1) is 13.3. The number of hydrogen-bond acceptors (Lipinski definition) is 3. The zero-order valence-electron chi connectivity index (χ0n) is 10.3. The quantitative estimate of drug-likeness (QED) is 0.739. The van der Waals surface area contributed by atoms with Crippen molar-refractivity contribution in [2.24, 2.45) is 5.92 Å². The van der Waals surface area contributed by atoms with Crippen molar-refractivity contribution >= 4 is 17.8 Å². The van der Waals surface area contributed by atoms with E-state index in [1.165, 1.54) is 12.1 Å². The molecule has 3 N–H and O–H groups in total. The predicted molar refractivity (Wildman–Crippen MR) is 67.0 cm³/mol. The van der Waals surface area contributed by atoms with Gasteiger partial charge in [0.1, 0.15) is 11.6 Å². The number of amides is 3. The van der Waals surface area contributed by atoms with Gasteiger partial charge in [0.15, 0.2) is 0 Å². The van der Waals surface area contributed by atoms with Crippen molar-refractivity contribution in [3.8, 4) is 0 Å². The molecule has 0 unspecified atom stereocenters. The van der Waals surface area contributed by atoms with Crippen LogP contribution in [0.1, 0.15) is 12.8 Å². The third kappa shape index (κ3) is 4.90. The first-order valence-electron chi connectivity index (χ1n) is 6.06. The summed E-state index contributed by atoms with van der Waals surface area (Å²) in [5.41, 5.74) is 0. The maximum atomic E-state index is 12.6. The SMILES string of the molecule is O=C(CNC(=O)Nc1ccc(F)cn1)NCC1CC1. The van der Waals surface area contributed by atoms with Gasteiger partial charge in [-0.25, -0.2) is 14.2 Å². The minimum Gasteiger partial charge on any atom is -0.354 e. The van der Waals surface area contributed by atoms with Gasteiger partial charge in [0.25, 0.3) is 0 Å². The number of carbonyl (C=O) groups is 2. The third-order valence-corrected chi connectivity index (χ3v) is 2.66. The Labute approximate surface area is 109 Å². The summed E-state index contributed by atoms with van der Waals surface area (Å²) in [6, 6.07) is 1.97. The number of urea groups is 1. The molecule has 6 nitrogen and oxygen atoms in total. The van der Waals surface area contributed by atoms with E-state index >= 15 is 0 Å². The van der Waals surface area contributed by atoms with Gasteiger partial charge in [0.05, 0.1) is 12.7 Å². The minimum atomic E-state index is -0.555. The summed E-state index contributed by atoms with van der Waals surface area (Å²) in [5.74, 6) is 0.109. The Morgan fingerprint density at radius 1 is 1.32 bits per heavy atom. The number of hydrogen-bond donors (Lipinski definition) is 3. The molecule has 0 saturated heterocycles. The van der Waals surface area contributed by atoms with E-state index in [9.17, 15) is 14.0 Å². The van der Waals surface area contributed by atoms with E-state index in [-0.39, 0.29) is 18.3 Å². The second-order valence-corrected chi connectivity index (χ2v) is 4.42. The lowest BCUT2D eigenvalue weighted by molar-refractivity contribution is -0.120. The van der Waals surface area contributed by atoms with Crippen molar-refractivity contribution in [2.75, 3.05) is 18.4 Å². The predicted octanol–water partition coefficient (Wildman–Crippen LogP) is 0.868. The molecule has 3 amide bonds. The van der Waals surface area contributed by atoms with Crippen molar-refractivity contribution in [3.63, 3.8) is 0 Å². The van der Waals surface area contributed by atoms with Gasteiger partial charge in [0.2, 0.25) is 5.91 Å². The van der Waals surface area contributed by atoms with E-state index < -0.39 is 11.8 Å². The number of anilines is 1. The highest BCUT2D eigenvalue weighted by atomic mass is 19.1. The molecule has 0 radical (unpaired) electrons. The molecular weight excluding hydrogens is 251 g/mol. The molecule has 1 saturated carbocycles. The van der Waals surface area contributed by atoms with Gasteiger partial charge in [-0.1, -0.05) is 0 Å². The fourth-order valence-electron chi connectivity index (χ4n) is 1.41. The van der Waals surface area contributed by atoms with Gasteiger partial charge in [0, 0.05) is 6.54 Å². The van der Waals surface area contributed by atoms with E-state index in [2.05, 4.69) is 20.9 Å². The molecule has 0 spiro atoms. The molecule has 0 atom stereocenters. The number of halogens is 1. The molecule has 2 rings (SSSR count). The van der Waals surface area contributed by atoms with Crippen LogP contribution in [0.5, 0.6) is 0 Å². The van der Waals surface area contributed by atoms with Crippen molar-refractivity contribution in [3.05, 3.63) is 24.1 Å². The number of nitrogens with zero attached hydrogens (tertiary/aromatic N) is 1. The van der Waals surface area contributed by atoms with Crippen LogP contribution in [0.2, 0.25) is 0 Å². The molecule has 0 aromatic carbocycles. The van der Waals surface area contributed by atoms with Crippen LogP contribution in [0.15, 0.2) is 18.3 Å². The number of rotatable bonds is 5. The van der Waals surface area contributed by atoms with Gasteiger partial charge >= 0.3 is 6.03 Å². The maximum absolute atomic E-state index is 12.6. The Kier molecular flexibility index (Phi) is 4.27. The molecule has 1 aliphatic carbocycles. The second-order valence-electron chi connectivity index (χ2n) is 4.42. The van der Waals surface area contributed by atoms with Crippen molar-refractivity contribution in [1.82, 2.24) is 15.6 Å². The Hall–Kier alpha value is -2.18. The van der Waals surface area contributed by atoms with Crippen molar-refractivity contribution in [2.45, 2.75) is 12.8 Å². The van der Waals surface area contributed by atoms with Gasteiger partial charge in [-0.3, -0.25) is 10.1 Å². The summed E-state index contributed by atoms with van der Waals surface area (Å²) in [5, 5.41) is 7.51. The lowest BCUT2D eigenvalue weighted by Crippen LogP contribution is -2.39. The summed E-state index contributed by atoms with van der Waals surface area (Å²) < 4.78 is 12.6. The van der Waals surface area contributed by atoms with Crippen LogP contribution in [-0.4, -0.2) is 30.0 Å². The first-order valence-corrected chi connectivity index (χ1v) is 6.06. The van der Waals surface area contributed by atoms with Crippen LogP contribution in [0.25, 0.3) is 0 Å². The molecule has 0 aliphatic heterocycles.